The van der Waals surface area contributed by atoms with Crippen molar-refractivity contribution in [2.75, 3.05) is 19.8 Å². The molecule has 1 amide bonds. The molecule has 6 heteroatoms. The number of hydrogen-bond donors (Lipinski definition) is 2. The van der Waals surface area contributed by atoms with E-state index in [2.05, 4.69) is 11.2 Å². The minimum Gasteiger partial charge on any atom is -0.480 e. The highest BCUT2D eigenvalue weighted by atomic mass is 16.5. The van der Waals surface area contributed by atoms with E-state index < -0.39 is 18.1 Å². The summed E-state index contributed by atoms with van der Waals surface area (Å²) in [7, 11) is 0. The number of carboxylic acids is 1. The van der Waals surface area contributed by atoms with Gasteiger partial charge in [-0.25, -0.2) is 9.59 Å². The van der Waals surface area contributed by atoms with Gasteiger partial charge in [0.05, 0.1) is 6.61 Å². The second-order valence-corrected chi connectivity index (χ2v) is 6.74. The summed E-state index contributed by atoms with van der Waals surface area (Å²) in [6.45, 7) is 0.305. The van der Waals surface area contributed by atoms with E-state index >= 15 is 0 Å². The fraction of sp³-hybridized carbons (Fsp3) is 0.304. The summed E-state index contributed by atoms with van der Waals surface area (Å²) >= 11 is 0. The van der Waals surface area contributed by atoms with Crippen LogP contribution in [0.3, 0.4) is 0 Å². The number of benzene rings is 2. The summed E-state index contributed by atoms with van der Waals surface area (Å²) in [4.78, 5) is 23.6. The van der Waals surface area contributed by atoms with Gasteiger partial charge in [0.25, 0.3) is 0 Å². The van der Waals surface area contributed by atoms with E-state index in [9.17, 15) is 14.7 Å². The molecule has 0 aromatic heterocycles. The molecule has 0 heterocycles. The average molecular weight is 393 g/mol. The Kier molecular flexibility index (Phi) is 6.88. The summed E-state index contributed by atoms with van der Waals surface area (Å²) in [5, 5.41) is 11.6. The number of aliphatic carboxylic acids is 1. The molecular formula is C23H23NO5. The predicted octanol–water partition coefficient (Wildman–Crippen LogP) is 3.41. The lowest BCUT2D eigenvalue weighted by Crippen LogP contribution is -2.44. The Balaban J connectivity index is 1.57. The lowest BCUT2D eigenvalue weighted by molar-refractivity contribution is -0.141. The van der Waals surface area contributed by atoms with Crippen molar-refractivity contribution in [3.05, 3.63) is 59.7 Å². The van der Waals surface area contributed by atoms with Gasteiger partial charge in [0.2, 0.25) is 0 Å². The number of carbonyl (C=O) groups is 2. The predicted molar refractivity (Wildman–Crippen MR) is 109 cm³/mol. The molecule has 0 saturated carbocycles. The molecule has 1 atom stereocenters. The van der Waals surface area contributed by atoms with Crippen LogP contribution >= 0.6 is 0 Å². The molecule has 0 fully saturated rings. The fourth-order valence-corrected chi connectivity index (χ4v) is 3.43. The second kappa shape index (κ2) is 9.76. The molecule has 0 bridgehead atoms. The van der Waals surface area contributed by atoms with E-state index in [1.54, 1.807) is 0 Å². The van der Waals surface area contributed by atoms with Gasteiger partial charge >= 0.3 is 12.1 Å². The Bertz CT molecular complexity index is 872. The van der Waals surface area contributed by atoms with Gasteiger partial charge in [0.1, 0.15) is 6.61 Å². The van der Waals surface area contributed by atoms with Gasteiger partial charge in [-0.2, -0.15) is 0 Å². The largest absolute Gasteiger partial charge is 0.480 e. The van der Waals surface area contributed by atoms with Gasteiger partial charge in [-0.1, -0.05) is 48.5 Å². The van der Waals surface area contributed by atoms with Crippen LogP contribution in [0.4, 0.5) is 4.79 Å². The molecule has 0 aliphatic heterocycles. The Hall–Kier alpha value is -3.30. The van der Waals surface area contributed by atoms with E-state index in [1.807, 2.05) is 48.5 Å². The molecule has 150 valence electrons. The molecule has 1 aliphatic carbocycles. The molecule has 29 heavy (non-hydrogen) atoms. The number of hydrogen-bond acceptors (Lipinski definition) is 4. The first-order valence-electron chi connectivity index (χ1n) is 9.47. The molecule has 1 aliphatic rings. The average Bonchev–Trinajstić information content (AvgIpc) is 3.05. The maximum absolute atomic E-state index is 12.2. The minimum atomic E-state index is -1.18. The maximum atomic E-state index is 12.2. The summed E-state index contributed by atoms with van der Waals surface area (Å²) in [5.74, 6) is 1.21. The third kappa shape index (κ3) is 4.95. The summed E-state index contributed by atoms with van der Waals surface area (Å²) < 4.78 is 10.7. The standard InChI is InChI=1S/C23H23NO5/c1-2-3-8-13-28-15-21(22(25)26)24-23(27)29-14-20-18-11-6-4-9-16(18)17-10-5-7-12-19(17)20/h1,4-7,9-12,20-21H,3,8,13-15H2,(H,24,27)(H,25,26)/t21-/m0/s1. The zero-order valence-corrected chi connectivity index (χ0v) is 16.0. The summed E-state index contributed by atoms with van der Waals surface area (Å²) in [6, 6.07) is 14.8. The van der Waals surface area contributed by atoms with Crippen LogP contribution in [0, 0.1) is 12.3 Å². The Morgan fingerprint density at radius 2 is 1.72 bits per heavy atom. The highest BCUT2D eigenvalue weighted by Crippen LogP contribution is 2.44. The third-order valence-electron chi connectivity index (χ3n) is 4.83. The minimum absolute atomic E-state index is 0.0866. The number of carboxylic acid groups (broad SMARTS) is 1. The van der Waals surface area contributed by atoms with Crippen LogP contribution in [0.1, 0.15) is 29.9 Å². The van der Waals surface area contributed by atoms with Crippen molar-refractivity contribution in [2.45, 2.75) is 24.8 Å². The highest BCUT2D eigenvalue weighted by Gasteiger charge is 2.29. The second-order valence-electron chi connectivity index (χ2n) is 6.74. The highest BCUT2D eigenvalue weighted by molar-refractivity contribution is 5.81. The van der Waals surface area contributed by atoms with Crippen molar-refractivity contribution in [3.8, 4) is 23.5 Å². The van der Waals surface area contributed by atoms with Crippen LogP contribution in [0.2, 0.25) is 0 Å². The van der Waals surface area contributed by atoms with Crippen LogP contribution in [0.5, 0.6) is 0 Å². The first kappa shape index (κ1) is 20.4. The number of terminal acetylenes is 1. The number of fused-ring (bicyclic) bond motifs is 3. The van der Waals surface area contributed by atoms with Crippen LogP contribution in [0.25, 0.3) is 11.1 Å². The monoisotopic (exact) mass is 393 g/mol. The number of unbranched alkanes of at least 4 members (excludes halogenated alkanes) is 1. The number of amides is 1. The number of nitrogens with one attached hydrogen (secondary N) is 1. The van der Waals surface area contributed by atoms with Gasteiger partial charge in [0, 0.05) is 18.9 Å². The number of alkyl carbamates (subject to hydrolysis) is 1. The van der Waals surface area contributed by atoms with Gasteiger partial charge in [-0.05, 0) is 28.7 Å². The molecule has 0 radical (unpaired) electrons. The van der Waals surface area contributed by atoms with Crippen molar-refractivity contribution in [1.82, 2.24) is 5.32 Å². The van der Waals surface area contributed by atoms with Crippen molar-refractivity contribution in [3.63, 3.8) is 0 Å². The van der Waals surface area contributed by atoms with Gasteiger partial charge in [-0.15, -0.1) is 12.3 Å². The number of ether oxygens (including phenoxy) is 2. The van der Waals surface area contributed by atoms with Crippen LogP contribution in [-0.4, -0.2) is 43.0 Å². The van der Waals surface area contributed by atoms with E-state index in [0.29, 0.717) is 19.4 Å². The molecule has 2 aromatic rings. The summed E-state index contributed by atoms with van der Waals surface area (Å²) in [5.41, 5.74) is 4.43. The van der Waals surface area contributed by atoms with Gasteiger partial charge in [-0.3, -0.25) is 0 Å². The van der Waals surface area contributed by atoms with Crippen molar-refractivity contribution in [2.24, 2.45) is 0 Å². The van der Waals surface area contributed by atoms with Crippen LogP contribution in [-0.2, 0) is 14.3 Å². The van der Waals surface area contributed by atoms with Gasteiger partial charge in [0.15, 0.2) is 6.04 Å². The Morgan fingerprint density at radius 3 is 2.31 bits per heavy atom. The molecule has 3 rings (SSSR count). The lowest BCUT2D eigenvalue weighted by atomic mass is 9.98. The molecule has 2 aromatic carbocycles. The maximum Gasteiger partial charge on any atom is 0.407 e. The molecule has 0 unspecified atom stereocenters. The zero-order chi connectivity index (χ0) is 20.6. The number of rotatable bonds is 9. The quantitative estimate of drug-likeness (QED) is 0.504. The first-order chi connectivity index (χ1) is 14.1. The molecule has 0 spiro atoms. The summed E-state index contributed by atoms with van der Waals surface area (Å²) in [6.07, 6.45) is 5.56. The lowest BCUT2D eigenvalue weighted by Gasteiger charge is -2.17. The molecule has 6 nitrogen and oxygen atoms in total. The van der Waals surface area contributed by atoms with Crippen molar-refractivity contribution >= 4 is 12.1 Å². The molecule has 2 N–H and O–H groups in total. The van der Waals surface area contributed by atoms with E-state index in [1.165, 1.54) is 0 Å². The Morgan fingerprint density at radius 1 is 1.10 bits per heavy atom. The van der Waals surface area contributed by atoms with Crippen LogP contribution in [0.15, 0.2) is 48.5 Å². The molecule has 0 saturated heterocycles. The SMILES string of the molecule is C#CCCCOC[C@H](NC(=O)OCC1c2ccccc2-c2ccccc21)C(=O)O. The van der Waals surface area contributed by atoms with Crippen LogP contribution < -0.4 is 5.32 Å². The molecular weight excluding hydrogens is 370 g/mol. The smallest absolute Gasteiger partial charge is 0.407 e. The third-order valence-corrected chi connectivity index (χ3v) is 4.83. The topological polar surface area (TPSA) is 84.9 Å². The zero-order valence-electron chi connectivity index (χ0n) is 16.0. The normalized spacial score (nSPS) is 13.1. The van der Waals surface area contributed by atoms with Crippen molar-refractivity contribution in [1.29, 1.82) is 0 Å². The number of carbonyl (C=O) groups excluding carboxylic acids is 1. The fourth-order valence-electron chi connectivity index (χ4n) is 3.43. The first-order valence-corrected chi connectivity index (χ1v) is 9.47. The van der Waals surface area contributed by atoms with Crippen molar-refractivity contribution < 1.29 is 24.2 Å². The van der Waals surface area contributed by atoms with E-state index in [4.69, 9.17) is 15.9 Å². The van der Waals surface area contributed by atoms with E-state index in [0.717, 1.165) is 22.3 Å². The Labute approximate surface area is 169 Å². The van der Waals surface area contributed by atoms with Gasteiger partial charge < -0.3 is 19.9 Å². The van der Waals surface area contributed by atoms with E-state index in [-0.39, 0.29) is 19.1 Å².